The number of nitrogens with zero attached hydrogens (tertiary/aromatic N) is 4. The van der Waals surface area contributed by atoms with Crippen LogP contribution in [0.15, 0.2) is 70.6 Å². The summed E-state index contributed by atoms with van der Waals surface area (Å²) in [7, 11) is 3.19. The number of rotatable bonds is 10. The van der Waals surface area contributed by atoms with Crippen LogP contribution in [-0.2, 0) is 4.84 Å². The third kappa shape index (κ3) is 7.44. The molecular formula is C32H33Cl4N5O3. The van der Waals surface area contributed by atoms with Gasteiger partial charge in [-0.05, 0) is 73.8 Å². The zero-order valence-corrected chi connectivity index (χ0v) is 27.4. The summed E-state index contributed by atoms with van der Waals surface area (Å²) < 4.78 is 1.90. The summed E-state index contributed by atoms with van der Waals surface area (Å²) in [6.45, 7) is 2.66. The highest BCUT2D eigenvalue weighted by atomic mass is 35.5. The predicted octanol–water partition coefficient (Wildman–Crippen LogP) is 7.53. The summed E-state index contributed by atoms with van der Waals surface area (Å²) in [5, 5.41) is 6.05. The van der Waals surface area contributed by atoms with Gasteiger partial charge in [0, 0.05) is 47.7 Å². The number of hydrogen-bond acceptors (Lipinski definition) is 5. The van der Waals surface area contributed by atoms with E-state index in [0.29, 0.717) is 37.8 Å². The highest BCUT2D eigenvalue weighted by Crippen LogP contribution is 2.31. The first kappa shape index (κ1) is 32.4. The number of nitrogens with one attached hydrogen (secondary N) is 1. The number of aromatic amines is 1. The number of hydrogen-bond donors (Lipinski definition) is 1. The van der Waals surface area contributed by atoms with Crippen molar-refractivity contribution in [2.75, 3.05) is 40.3 Å². The van der Waals surface area contributed by atoms with Gasteiger partial charge in [-0.25, -0.2) is 4.79 Å². The van der Waals surface area contributed by atoms with Gasteiger partial charge in [0.25, 0.3) is 5.91 Å². The number of halogens is 4. The summed E-state index contributed by atoms with van der Waals surface area (Å²) in [6.07, 6.45) is 2.41. The largest absolute Gasteiger partial charge is 0.399 e. The number of para-hydroxylation sites is 2. The van der Waals surface area contributed by atoms with Crippen LogP contribution >= 0.6 is 46.4 Å². The molecule has 1 amide bonds. The Labute approximate surface area is 276 Å². The average molecular weight is 677 g/mol. The van der Waals surface area contributed by atoms with Crippen molar-refractivity contribution in [3.05, 3.63) is 102 Å². The molecule has 232 valence electrons. The number of carbonyl (C=O) groups is 1. The van der Waals surface area contributed by atoms with Gasteiger partial charge in [-0.3, -0.25) is 9.36 Å². The van der Waals surface area contributed by atoms with E-state index < -0.39 is 0 Å². The van der Waals surface area contributed by atoms with Crippen LogP contribution in [0.2, 0.25) is 20.1 Å². The molecule has 4 aromatic rings. The number of benzene rings is 3. The van der Waals surface area contributed by atoms with Crippen molar-refractivity contribution in [3.63, 3.8) is 0 Å². The monoisotopic (exact) mass is 675 g/mol. The van der Waals surface area contributed by atoms with Crippen molar-refractivity contribution >= 4 is 69.1 Å². The Balaban J connectivity index is 1.32. The summed E-state index contributed by atoms with van der Waals surface area (Å²) >= 11 is 25.0. The van der Waals surface area contributed by atoms with Crippen LogP contribution in [-0.4, -0.2) is 71.3 Å². The van der Waals surface area contributed by atoms with E-state index in [-0.39, 0.29) is 30.1 Å². The van der Waals surface area contributed by atoms with Crippen molar-refractivity contribution in [3.8, 4) is 0 Å². The van der Waals surface area contributed by atoms with Crippen LogP contribution in [0.5, 0.6) is 0 Å². The van der Waals surface area contributed by atoms with E-state index in [1.54, 1.807) is 36.2 Å². The maximum Gasteiger partial charge on any atom is 0.326 e. The van der Waals surface area contributed by atoms with Crippen LogP contribution in [0.1, 0.15) is 47.1 Å². The highest BCUT2D eigenvalue weighted by Gasteiger charge is 2.27. The normalized spacial score (nSPS) is 15.5. The number of aromatic nitrogens is 2. The Bertz CT molecular complexity index is 1710. The minimum Gasteiger partial charge on any atom is -0.399 e. The molecule has 0 aliphatic carbocycles. The van der Waals surface area contributed by atoms with Crippen molar-refractivity contribution in [2.24, 2.45) is 5.16 Å². The van der Waals surface area contributed by atoms with Crippen LogP contribution in [0.3, 0.4) is 0 Å². The van der Waals surface area contributed by atoms with E-state index in [0.717, 1.165) is 49.1 Å². The molecule has 0 bridgehead atoms. The lowest BCUT2D eigenvalue weighted by Gasteiger charge is -2.33. The van der Waals surface area contributed by atoms with E-state index in [1.807, 2.05) is 41.0 Å². The summed E-state index contributed by atoms with van der Waals surface area (Å²) in [4.78, 5) is 38.3. The van der Waals surface area contributed by atoms with Gasteiger partial charge in [0.15, 0.2) is 0 Å². The van der Waals surface area contributed by atoms with Crippen LogP contribution in [0.25, 0.3) is 11.0 Å². The van der Waals surface area contributed by atoms with Gasteiger partial charge in [-0.2, -0.15) is 0 Å². The van der Waals surface area contributed by atoms with Gasteiger partial charge in [0.2, 0.25) is 0 Å². The second-order valence-electron chi connectivity index (χ2n) is 11.0. The second-order valence-corrected chi connectivity index (χ2v) is 12.7. The Morgan fingerprint density at radius 2 is 1.73 bits per heavy atom. The molecule has 1 aromatic heterocycles. The zero-order valence-electron chi connectivity index (χ0n) is 24.4. The standard InChI is InChI=1S/C32H33Cl4N5O3/c1-39(31(42)21-15-22(33)18-23(34)16-21)19-29(38-44-2)25(20-7-8-26(35)27(36)17-20)11-14-40-12-9-24(10-13-40)41-30-6-4-3-5-28(30)37-32(41)43/h3-8,15-18,24-25H,9-14,19H2,1-2H3,(H,37,43)/b38-29+. The van der Waals surface area contributed by atoms with E-state index in [9.17, 15) is 9.59 Å². The molecule has 44 heavy (non-hydrogen) atoms. The number of oxime groups is 1. The summed E-state index contributed by atoms with van der Waals surface area (Å²) in [6, 6.07) is 18.2. The lowest BCUT2D eigenvalue weighted by atomic mass is 9.89. The minimum absolute atomic E-state index is 0.0662. The maximum atomic E-state index is 13.3. The molecule has 2 heterocycles. The quantitative estimate of drug-likeness (QED) is 0.139. The van der Waals surface area contributed by atoms with Gasteiger partial charge in [0.05, 0.1) is 33.3 Å². The van der Waals surface area contributed by atoms with Crippen molar-refractivity contribution in [2.45, 2.75) is 31.2 Å². The first-order valence-electron chi connectivity index (χ1n) is 14.3. The van der Waals surface area contributed by atoms with Gasteiger partial charge in [-0.15, -0.1) is 0 Å². The molecule has 3 aromatic carbocycles. The third-order valence-electron chi connectivity index (χ3n) is 8.09. The fraction of sp³-hybridized carbons (Fsp3) is 0.344. The van der Waals surface area contributed by atoms with Crippen LogP contribution in [0.4, 0.5) is 0 Å². The Morgan fingerprint density at radius 3 is 2.41 bits per heavy atom. The summed E-state index contributed by atoms with van der Waals surface area (Å²) in [5.41, 5.74) is 3.69. The van der Waals surface area contributed by atoms with Gasteiger partial charge < -0.3 is 19.6 Å². The number of carbonyl (C=O) groups excluding carboxylic acids is 1. The number of amides is 1. The SMILES string of the molecule is CO/N=C(\CN(C)C(=O)c1cc(Cl)cc(Cl)c1)C(CCN1CCC(n2c(=O)[nH]c3ccccc32)CC1)c1ccc(Cl)c(Cl)c1. The van der Waals surface area contributed by atoms with E-state index in [4.69, 9.17) is 51.2 Å². The molecule has 8 nitrogen and oxygen atoms in total. The third-order valence-corrected chi connectivity index (χ3v) is 9.27. The lowest BCUT2D eigenvalue weighted by Crippen LogP contribution is -2.39. The molecule has 1 N–H and O–H groups in total. The molecule has 1 unspecified atom stereocenters. The fourth-order valence-corrected chi connectivity index (χ4v) is 6.77. The van der Waals surface area contributed by atoms with E-state index >= 15 is 0 Å². The number of piperidine rings is 1. The minimum atomic E-state index is -0.249. The van der Waals surface area contributed by atoms with Crippen molar-refractivity contribution in [1.29, 1.82) is 0 Å². The molecular weight excluding hydrogens is 644 g/mol. The van der Waals surface area contributed by atoms with E-state index in [2.05, 4.69) is 15.0 Å². The molecule has 0 radical (unpaired) electrons. The Hall–Kier alpha value is -3.01. The Morgan fingerprint density at radius 1 is 1.02 bits per heavy atom. The maximum absolute atomic E-state index is 13.3. The van der Waals surface area contributed by atoms with Crippen LogP contribution < -0.4 is 5.69 Å². The van der Waals surface area contributed by atoms with Crippen molar-refractivity contribution < 1.29 is 9.63 Å². The average Bonchev–Trinajstić information content (AvgIpc) is 3.34. The smallest absolute Gasteiger partial charge is 0.326 e. The second kappa shape index (κ2) is 14.4. The number of likely N-dealkylation sites (tertiary alicyclic amines) is 1. The first-order valence-corrected chi connectivity index (χ1v) is 15.8. The lowest BCUT2D eigenvalue weighted by molar-refractivity contribution is 0.0812. The number of imidazole rings is 1. The first-order chi connectivity index (χ1) is 21.1. The molecule has 1 aliphatic heterocycles. The van der Waals surface area contributed by atoms with Gasteiger partial charge in [0.1, 0.15) is 7.11 Å². The molecule has 1 saturated heterocycles. The van der Waals surface area contributed by atoms with E-state index in [1.165, 1.54) is 7.11 Å². The van der Waals surface area contributed by atoms with Gasteiger partial charge in [-0.1, -0.05) is 69.8 Å². The molecule has 1 fully saturated rings. The molecule has 1 atom stereocenters. The molecule has 12 heteroatoms. The van der Waals surface area contributed by atoms with Crippen molar-refractivity contribution in [1.82, 2.24) is 19.4 Å². The number of fused-ring (bicyclic) bond motifs is 1. The Kier molecular flexibility index (Phi) is 10.6. The summed E-state index contributed by atoms with van der Waals surface area (Å²) in [5.74, 6) is -0.461. The molecule has 1 aliphatic rings. The number of H-pyrrole nitrogens is 1. The van der Waals surface area contributed by atoms with Crippen LogP contribution in [0, 0.1) is 0 Å². The molecule has 0 spiro atoms. The highest BCUT2D eigenvalue weighted by molar-refractivity contribution is 6.42. The topological polar surface area (TPSA) is 82.9 Å². The predicted molar refractivity (Wildman–Crippen MR) is 179 cm³/mol. The molecule has 5 rings (SSSR count). The zero-order chi connectivity index (χ0) is 31.4. The molecule has 0 saturated carbocycles. The fourth-order valence-electron chi connectivity index (χ4n) is 5.94. The van der Waals surface area contributed by atoms with Gasteiger partial charge >= 0.3 is 5.69 Å².